The van der Waals surface area contributed by atoms with Crippen molar-refractivity contribution >= 4 is 34.1 Å². The van der Waals surface area contributed by atoms with Gasteiger partial charge in [0.2, 0.25) is 0 Å². The first-order chi connectivity index (χ1) is 11.3. The van der Waals surface area contributed by atoms with Gasteiger partial charge in [0, 0.05) is 10.4 Å². The summed E-state index contributed by atoms with van der Waals surface area (Å²) in [5.41, 5.74) is 5.31. The van der Waals surface area contributed by atoms with Crippen LogP contribution in [0.2, 0.25) is 0 Å². The lowest BCUT2D eigenvalue weighted by Gasteiger charge is -2.09. The number of thiophene rings is 1. The minimum atomic E-state index is 0.900. The van der Waals surface area contributed by atoms with Gasteiger partial charge in [0.25, 0.3) is 0 Å². The van der Waals surface area contributed by atoms with Crippen molar-refractivity contribution in [1.82, 2.24) is 15.0 Å². The Hall–Kier alpha value is -2.72. The number of rotatable bonds is 3. The number of nitrogens with zero attached hydrogens (tertiary/aromatic N) is 3. The van der Waals surface area contributed by atoms with Crippen LogP contribution >= 0.6 is 11.3 Å². The molecule has 2 heterocycles. The molecule has 0 aliphatic rings. The molecule has 0 saturated heterocycles. The van der Waals surface area contributed by atoms with Crippen molar-refractivity contribution in [3.05, 3.63) is 82.0 Å². The van der Waals surface area contributed by atoms with E-state index in [4.69, 9.17) is 0 Å². The summed E-state index contributed by atoms with van der Waals surface area (Å²) in [5.74, 6) is 0. The largest absolute Gasteiger partial charge is 0.212 e. The third-order valence-corrected chi connectivity index (χ3v) is 4.57. The Kier molecular flexibility index (Phi) is 3.52. The lowest BCUT2D eigenvalue weighted by Crippen LogP contribution is -2.01. The molecular weight excluding hydrogens is 302 g/mol. The first kappa shape index (κ1) is 13.9. The van der Waals surface area contributed by atoms with Crippen LogP contribution in [0.4, 0.5) is 0 Å². The zero-order valence-electron chi connectivity index (χ0n) is 12.7. The third-order valence-electron chi connectivity index (χ3n) is 3.75. The lowest BCUT2D eigenvalue weighted by atomic mass is 10.1. The van der Waals surface area contributed by atoms with Gasteiger partial charge in [-0.25, -0.2) is 4.68 Å². The van der Waals surface area contributed by atoms with Crippen LogP contribution in [0.3, 0.4) is 0 Å². The van der Waals surface area contributed by atoms with Gasteiger partial charge in [0.1, 0.15) is 5.52 Å². The molecule has 0 saturated carbocycles. The molecule has 0 fully saturated rings. The third kappa shape index (κ3) is 2.69. The maximum absolute atomic E-state index is 4.38. The molecule has 0 unspecified atom stereocenters. The van der Waals surface area contributed by atoms with Gasteiger partial charge in [0.05, 0.1) is 11.2 Å². The topological polar surface area (TPSA) is 30.7 Å². The monoisotopic (exact) mass is 317 g/mol. The zero-order chi connectivity index (χ0) is 15.6. The predicted molar refractivity (Wildman–Crippen MR) is 96.3 cm³/mol. The quantitative estimate of drug-likeness (QED) is 0.541. The van der Waals surface area contributed by atoms with E-state index in [1.165, 1.54) is 10.4 Å². The number of aromatic nitrogens is 3. The molecule has 2 aromatic heterocycles. The van der Waals surface area contributed by atoms with E-state index >= 15 is 0 Å². The highest BCUT2D eigenvalue weighted by Crippen LogP contribution is 2.25. The van der Waals surface area contributed by atoms with E-state index in [9.17, 15) is 0 Å². The highest BCUT2D eigenvalue weighted by atomic mass is 32.1. The normalized spacial score (nSPS) is 12.0. The standard InChI is InChI=1S/C19H15N3S/c1-14-8-10-15(11-9-14)19(13-16-5-4-12-23-16)22-18-7-3-2-6-17(18)20-21-22/h2-13H,1H3. The Morgan fingerprint density at radius 3 is 2.61 bits per heavy atom. The average Bonchev–Trinajstić information content (AvgIpc) is 3.23. The number of fused-ring (bicyclic) bond motifs is 1. The van der Waals surface area contributed by atoms with E-state index in [2.05, 4.69) is 65.1 Å². The van der Waals surface area contributed by atoms with Crippen LogP contribution in [0, 0.1) is 6.92 Å². The highest BCUT2D eigenvalue weighted by molar-refractivity contribution is 7.10. The number of benzene rings is 2. The van der Waals surface area contributed by atoms with Crippen molar-refractivity contribution in [2.75, 3.05) is 0 Å². The van der Waals surface area contributed by atoms with Crippen molar-refractivity contribution in [1.29, 1.82) is 0 Å². The van der Waals surface area contributed by atoms with Gasteiger partial charge in [-0.3, -0.25) is 0 Å². The SMILES string of the molecule is Cc1ccc(C(=Cc2cccs2)n2nnc3ccccc32)cc1. The van der Waals surface area contributed by atoms with Crippen molar-refractivity contribution in [2.45, 2.75) is 6.92 Å². The Morgan fingerprint density at radius 1 is 1.00 bits per heavy atom. The van der Waals surface area contributed by atoms with Gasteiger partial charge < -0.3 is 0 Å². The molecule has 0 bridgehead atoms. The van der Waals surface area contributed by atoms with Gasteiger partial charge in [0.15, 0.2) is 0 Å². The van der Waals surface area contributed by atoms with E-state index in [-0.39, 0.29) is 0 Å². The Bertz CT molecular complexity index is 963. The first-order valence-corrected chi connectivity index (χ1v) is 8.32. The van der Waals surface area contributed by atoms with Crippen LogP contribution in [0.1, 0.15) is 16.0 Å². The molecule has 0 radical (unpaired) electrons. The summed E-state index contributed by atoms with van der Waals surface area (Å²) in [4.78, 5) is 1.19. The molecule has 0 atom stereocenters. The fourth-order valence-corrected chi connectivity index (χ4v) is 3.20. The molecule has 0 amide bonds. The molecule has 4 heteroatoms. The van der Waals surface area contributed by atoms with Crippen molar-refractivity contribution < 1.29 is 0 Å². The molecule has 2 aromatic carbocycles. The Labute approximate surface area is 138 Å². The first-order valence-electron chi connectivity index (χ1n) is 7.44. The van der Waals surface area contributed by atoms with E-state index < -0.39 is 0 Å². The average molecular weight is 317 g/mol. The van der Waals surface area contributed by atoms with E-state index in [0.29, 0.717) is 0 Å². The molecule has 23 heavy (non-hydrogen) atoms. The highest BCUT2D eigenvalue weighted by Gasteiger charge is 2.11. The molecule has 0 N–H and O–H groups in total. The van der Waals surface area contributed by atoms with Gasteiger partial charge >= 0.3 is 0 Å². The van der Waals surface area contributed by atoms with Crippen LogP contribution in [0.25, 0.3) is 22.8 Å². The maximum Gasteiger partial charge on any atom is 0.113 e. The second kappa shape index (κ2) is 5.82. The van der Waals surface area contributed by atoms with Crippen LogP contribution < -0.4 is 0 Å². The fraction of sp³-hybridized carbons (Fsp3) is 0.0526. The molecule has 0 aliphatic heterocycles. The molecular formula is C19H15N3S. The number of hydrogen-bond donors (Lipinski definition) is 0. The summed E-state index contributed by atoms with van der Waals surface area (Å²) in [6.45, 7) is 2.09. The van der Waals surface area contributed by atoms with Gasteiger partial charge in [-0.15, -0.1) is 16.4 Å². The Morgan fingerprint density at radius 2 is 1.83 bits per heavy atom. The van der Waals surface area contributed by atoms with Gasteiger partial charge in [-0.2, -0.15) is 0 Å². The summed E-state index contributed by atoms with van der Waals surface area (Å²) in [6, 6.07) is 20.7. The van der Waals surface area contributed by atoms with Crippen LogP contribution in [0.15, 0.2) is 66.0 Å². The zero-order valence-corrected chi connectivity index (χ0v) is 13.5. The van der Waals surface area contributed by atoms with Crippen molar-refractivity contribution in [3.8, 4) is 0 Å². The fourth-order valence-electron chi connectivity index (χ4n) is 2.55. The van der Waals surface area contributed by atoms with E-state index in [0.717, 1.165) is 22.3 Å². The molecule has 0 aliphatic carbocycles. The van der Waals surface area contributed by atoms with Crippen molar-refractivity contribution in [2.24, 2.45) is 0 Å². The second-order valence-corrected chi connectivity index (χ2v) is 6.38. The Balaban J connectivity index is 1.93. The van der Waals surface area contributed by atoms with E-state index in [1.54, 1.807) is 11.3 Å². The molecule has 0 spiro atoms. The summed E-state index contributed by atoms with van der Waals surface area (Å²) >= 11 is 1.71. The van der Waals surface area contributed by atoms with Crippen LogP contribution in [-0.2, 0) is 0 Å². The minimum Gasteiger partial charge on any atom is -0.212 e. The number of aryl methyl sites for hydroxylation is 1. The second-order valence-electron chi connectivity index (χ2n) is 5.40. The molecule has 3 nitrogen and oxygen atoms in total. The maximum atomic E-state index is 4.38. The van der Waals surface area contributed by atoms with Crippen LogP contribution in [0.5, 0.6) is 0 Å². The molecule has 112 valence electrons. The molecule has 4 aromatic rings. The molecule has 4 rings (SSSR count). The predicted octanol–water partition coefficient (Wildman–Crippen LogP) is 4.85. The number of hydrogen-bond acceptors (Lipinski definition) is 3. The van der Waals surface area contributed by atoms with E-state index in [1.807, 2.05) is 28.9 Å². The summed E-state index contributed by atoms with van der Waals surface area (Å²) in [6.07, 6.45) is 2.16. The van der Waals surface area contributed by atoms with Gasteiger partial charge in [-0.05, 0) is 36.6 Å². The summed E-state index contributed by atoms with van der Waals surface area (Å²) < 4.78 is 1.92. The lowest BCUT2D eigenvalue weighted by molar-refractivity contribution is 0.843. The minimum absolute atomic E-state index is 0.900. The van der Waals surface area contributed by atoms with Crippen LogP contribution in [-0.4, -0.2) is 15.0 Å². The summed E-state index contributed by atoms with van der Waals surface area (Å²) in [5, 5.41) is 10.7. The van der Waals surface area contributed by atoms with Crippen molar-refractivity contribution in [3.63, 3.8) is 0 Å². The smallest absolute Gasteiger partial charge is 0.113 e. The number of para-hydroxylation sites is 1. The van der Waals surface area contributed by atoms with Gasteiger partial charge in [-0.1, -0.05) is 53.2 Å². The summed E-state index contributed by atoms with van der Waals surface area (Å²) in [7, 11) is 0.